The molecule has 1 saturated heterocycles. The number of ether oxygens (including phenoxy) is 1. The molecule has 0 saturated carbocycles. The van der Waals surface area contributed by atoms with Crippen molar-refractivity contribution in [2.75, 3.05) is 25.2 Å². The van der Waals surface area contributed by atoms with E-state index in [0.29, 0.717) is 26.0 Å². The van der Waals surface area contributed by atoms with Gasteiger partial charge in [-0.2, -0.15) is 0 Å². The van der Waals surface area contributed by atoms with Gasteiger partial charge in [-0.25, -0.2) is 0 Å². The fourth-order valence-corrected chi connectivity index (χ4v) is 3.48. The number of amides is 1. The van der Waals surface area contributed by atoms with Crippen LogP contribution in [0.3, 0.4) is 0 Å². The lowest BCUT2D eigenvalue weighted by atomic mass is 9.69. The number of hydrogen-bond donors (Lipinski definition) is 0. The zero-order valence-corrected chi connectivity index (χ0v) is 12.1. The minimum absolute atomic E-state index is 0.0330. The number of nitrogens with zero attached hydrogens (tertiary/aromatic N) is 1. The second-order valence-corrected chi connectivity index (χ2v) is 5.81. The smallest absolute Gasteiger partial charge is 0.234 e. The van der Waals surface area contributed by atoms with Gasteiger partial charge in [0.15, 0.2) is 5.78 Å². The molecule has 1 fully saturated rings. The molecule has 1 amide bonds. The molecule has 4 heteroatoms. The topological polar surface area (TPSA) is 46.6 Å². The third-order valence-corrected chi connectivity index (χ3v) is 4.57. The number of allylic oxidation sites excluding steroid dienone is 2. The Morgan fingerprint density at radius 3 is 2.71 bits per heavy atom. The van der Waals surface area contributed by atoms with E-state index in [4.69, 9.17) is 4.74 Å². The summed E-state index contributed by atoms with van der Waals surface area (Å²) < 4.78 is 5.31. The van der Waals surface area contributed by atoms with E-state index in [0.717, 1.165) is 5.69 Å². The maximum Gasteiger partial charge on any atom is 0.234 e. The number of anilines is 1. The van der Waals surface area contributed by atoms with Crippen molar-refractivity contribution in [3.8, 4) is 0 Å². The quantitative estimate of drug-likeness (QED) is 0.855. The van der Waals surface area contributed by atoms with Gasteiger partial charge in [0.05, 0.1) is 12.0 Å². The molecule has 0 bridgehead atoms. The summed E-state index contributed by atoms with van der Waals surface area (Å²) in [5.74, 6) is 0.128. The van der Waals surface area contributed by atoms with Gasteiger partial charge in [-0.15, -0.1) is 0 Å². The van der Waals surface area contributed by atoms with Gasteiger partial charge < -0.3 is 9.64 Å². The zero-order valence-electron chi connectivity index (χ0n) is 12.1. The molecule has 110 valence electrons. The molecule has 1 aliphatic carbocycles. The summed E-state index contributed by atoms with van der Waals surface area (Å²) in [6, 6.07) is 9.64. The predicted octanol–water partition coefficient (Wildman–Crippen LogP) is 2.20. The van der Waals surface area contributed by atoms with E-state index in [1.54, 1.807) is 18.1 Å². The highest BCUT2D eigenvalue weighted by Crippen LogP contribution is 2.47. The molecule has 0 unspecified atom stereocenters. The highest BCUT2D eigenvalue weighted by Gasteiger charge is 2.55. The van der Waals surface area contributed by atoms with E-state index in [-0.39, 0.29) is 17.6 Å². The number of carbonyl (C=O) groups excluding carboxylic acids is 2. The average Bonchev–Trinajstić information content (AvgIpc) is 2.74. The Kier molecular flexibility index (Phi) is 3.64. The molecule has 0 aromatic heterocycles. The largest absolute Gasteiger partial charge is 0.384 e. The number of methoxy groups -OCH3 is 1. The minimum atomic E-state index is -0.627. The summed E-state index contributed by atoms with van der Waals surface area (Å²) in [4.78, 5) is 26.7. The van der Waals surface area contributed by atoms with Crippen LogP contribution in [-0.2, 0) is 14.3 Å². The summed E-state index contributed by atoms with van der Waals surface area (Å²) in [5.41, 5.74) is 0.264. The van der Waals surface area contributed by atoms with Gasteiger partial charge >= 0.3 is 0 Å². The van der Waals surface area contributed by atoms with Crippen LogP contribution >= 0.6 is 0 Å². The van der Waals surface area contributed by atoms with Crippen molar-refractivity contribution in [2.24, 2.45) is 11.3 Å². The number of ketones is 1. The molecule has 3 rings (SSSR count). The van der Waals surface area contributed by atoms with Crippen molar-refractivity contribution in [3.05, 3.63) is 42.5 Å². The Balaban J connectivity index is 1.97. The third-order valence-electron chi connectivity index (χ3n) is 4.57. The lowest BCUT2D eigenvalue weighted by Gasteiger charge is -2.32. The SMILES string of the molecule is COC[C@@H]1CN(c2ccccc2)C(=O)[C@@]12CC=CC(=O)C2. The number of hydrogen-bond acceptors (Lipinski definition) is 3. The average molecular weight is 285 g/mol. The number of benzene rings is 1. The summed E-state index contributed by atoms with van der Waals surface area (Å²) in [6.07, 6.45) is 4.34. The Hall–Kier alpha value is -1.94. The van der Waals surface area contributed by atoms with Crippen LogP contribution in [0.4, 0.5) is 5.69 Å². The zero-order chi connectivity index (χ0) is 14.9. The molecule has 1 aliphatic heterocycles. The number of carbonyl (C=O) groups is 2. The summed E-state index contributed by atoms with van der Waals surface area (Å²) in [5, 5.41) is 0. The molecule has 1 heterocycles. The first-order chi connectivity index (χ1) is 10.2. The van der Waals surface area contributed by atoms with Gasteiger partial charge in [0, 0.05) is 31.7 Å². The Labute approximate surface area is 124 Å². The fraction of sp³-hybridized carbons (Fsp3) is 0.412. The second-order valence-electron chi connectivity index (χ2n) is 5.81. The lowest BCUT2D eigenvalue weighted by Crippen LogP contribution is -2.40. The third kappa shape index (κ3) is 2.29. The van der Waals surface area contributed by atoms with Gasteiger partial charge in [-0.05, 0) is 24.6 Å². The normalized spacial score (nSPS) is 28.6. The highest BCUT2D eigenvalue weighted by atomic mass is 16.5. The highest BCUT2D eigenvalue weighted by molar-refractivity contribution is 6.05. The fourth-order valence-electron chi connectivity index (χ4n) is 3.48. The van der Waals surface area contributed by atoms with Gasteiger partial charge in [0.2, 0.25) is 5.91 Å². The predicted molar refractivity (Wildman–Crippen MR) is 80.0 cm³/mol. The first-order valence-corrected chi connectivity index (χ1v) is 7.23. The van der Waals surface area contributed by atoms with Crippen LogP contribution < -0.4 is 4.90 Å². The van der Waals surface area contributed by atoms with Crippen LogP contribution in [-0.4, -0.2) is 32.0 Å². The molecule has 0 N–H and O–H groups in total. The Morgan fingerprint density at radius 1 is 1.29 bits per heavy atom. The molecule has 4 nitrogen and oxygen atoms in total. The van der Waals surface area contributed by atoms with E-state index in [1.807, 2.05) is 36.4 Å². The first-order valence-electron chi connectivity index (χ1n) is 7.23. The maximum absolute atomic E-state index is 13.0. The van der Waals surface area contributed by atoms with Crippen LogP contribution in [0.15, 0.2) is 42.5 Å². The maximum atomic E-state index is 13.0. The molecule has 1 aromatic rings. The number of para-hydroxylation sites is 1. The van der Waals surface area contributed by atoms with Crippen LogP contribution in [0.1, 0.15) is 12.8 Å². The summed E-state index contributed by atoms with van der Waals surface area (Å²) >= 11 is 0. The molecular formula is C17H19NO3. The van der Waals surface area contributed by atoms with Crippen LogP contribution in [0.2, 0.25) is 0 Å². The Morgan fingerprint density at radius 2 is 2.05 bits per heavy atom. The van der Waals surface area contributed by atoms with Gasteiger partial charge in [-0.3, -0.25) is 9.59 Å². The van der Waals surface area contributed by atoms with Gasteiger partial charge in [-0.1, -0.05) is 24.3 Å². The van der Waals surface area contributed by atoms with Crippen LogP contribution in [0, 0.1) is 11.3 Å². The summed E-state index contributed by atoms with van der Waals surface area (Å²) in [7, 11) is 1.64. The molecular weight excluding hydrogens is 266 g/mol. The molecule has 1 spiro atoms. The molecule has 2 aliphatic rings. The van der Waals surface area contributed by atoms with Crippen molar-refractivity contribution in [2.45, 2.75) is 12.8 Å². The van der Waals surface area contributed by atoms with Crippen molar-refractivity contribution in [3.63, 3.8) is 0 Å². The van der Waals surface area contributed by atoms with Gasteiger partial charge in [0.1, 0.15) is 0 Å². The standard InChI is InChI=1S/C17H19NO3/c1-21-12-13-11-18(14-6-3-2-4-7-14)16(20)17(13)9-5-8-15(19)10-17/h2-8,13H,9-12H2,1H3/t13-,17+/m0/s1. The van der Waals surface area contributed by atoms with Crippen molar-refractivity contribution in [1.29, 1.82) is 0 Å². The van der Waals surface area contributed by atoms with Crippen molar-refractivity contribution >= 4 is 17.4 Å². The van der Waals surface area contributed by atoms with E-state index in [2.05, 4.69) is 0 Å². The summed E-state index contributed by atoms with van der Waals surface area (Å²) in [6.45, 7) is 1.11. The van der Waals surface area contributed by atoms with Crippen molar-refractivity contribution in [1.82, 2.24) is 0 Å². The molecule has 1 aromatic carbocycles. The van der Waals surface area contributed by atoms with Crippen LogP contribution in [0.5, 0.6) is 0 Å². The van der Waals surface area contributed by atoms with E-state index >= 15 is 0 Å². The number of rotatable bonds is 3. The Bertz CT molecular complexity index is 581. The van der Waals surface area contributed by atoms with Gasteiger partial charge in [0.25, 0.3) is 0 Å². The second kappa shape index (κ2) is 5.45. The minimum Gasteiger partial charge on any atom is -0.384 e. The molecule has 0 radical (unpaired) electrons. The lowest BCUT2D eigenvalue weighted by molar-refractivity contribution is -0.133. The van der Waals surface area contributed by atoms with E-state index in [9.17, 15) is 9.59 Å². The van der Waals surface area contributed by atoms with Crippen molar-refractivity contribution < 1.29 is 14.3 Å². The molecule has 21 heavy (non-hydrogen) atoms. The van der Waals surface area contributed by atoms with E-state index < -0.39 is 5.41 Å². The van der Waals surface area contributed by atoms with E-state index in [1.165, 1.54) is 0 Å². The first kappa shape index (κ1) is 14.0. The van der Waals surface area contributed by atoms with Crippen LogP contribution in [0.25, 0.3) is 0 Å². The molecule has 2 atom stereocenters. The monoisotopic (exact) mass is 285 g/mol.